The van der Waals surface area contributed by atoms with Crippen LogP contribution < -0.4 is 5.32 Å². The first-order valence-electron chi connectivity index (χ1n) is 8.68. The van der Waals surface area contributed by atoms with E-state index < -0.39 is 5.60 Å². The third kappa shape index (κ3) is 6.10. The maximum atomic E-state index is 12.1. The lowest BCUT2D eigenvalue weighted by atomic mass is 10.1. The summed E-state index contributed by atoms with van der Waals surface area (Å²) in [6.45, 7) is 11.3. The fraction of sp³-hybridized carbons (Fsp3) is 0.632. The minimum absolute atomic E-state index is 0.178. The average Bonchev–Trinajstić information content (AvgIpc) is 2.94. The number of halogens is 1. The van der Waals surface area contributed by atoms with E-state index in [0.717, 1.165) is 43.5 Å². The fourth-order valence-electron chi connectivity index (χ4n) is 2.92. The minimum atomic E-state index is -0.417. The van der Waals surface area contributed by atoms with Gasteiger partial charge in [0.25, 0.3) is 0 Å². The predicted octanol–water partition coefficient (Wildman–Crippen LogP) is 4.49. The van der Waals surface area contributed by atoms with Crippen molar-refractivity contribution in [3.63, 3.8) is 0 Å². The van der Waals surface area contributed by atoms with E-state index in [0.29, 0.717) is 5.92 Å². The lowest BCUT2D eigenvalue weighted by Gasteiger charge is -2.24. The third-order valence-corrected chi connectivity index (χ3v) is 5.11. The molecule has 0 saturated carbocycles. The topological polar surface area (TPSA) is 41.6 Å². The summed E-state index contributed by atoms with van der Waals surface area (Å²) in [4.78, 5) is 13.9. The molecule has 0 aliphatic carbocycles. The van der Waals surface area contributed by atoms with E-state index in [1.807, 2.05) is 25.7 Å². The number of hydrogen-bond donors (Lipinski definition) is 1. The van der Waals surface area contributed by atoms with E-state index in [-0.39, 0.29) is 6.09 Å². The standard InChI is InChI=1S/C19H29BrN2O2/c1-14-11-16(5-6-17(14)20)12-21-9-7-15-8-10-22(13-15)18(23)24-19(2,3)4/h5-6,11,15,21H,7-10,12-13H2,1-4H3. The Balaban J connectivity index is 1.67. The maximum absolute atomic E-state index is 12.1. The van der Waals surface area contributed by atoms with Crippen molar-refractivity contribution in [3.05, 3.63) is 33.8 Å². The molecule has 1 aromatic carbocycles. The van der Waals surface area contributed by atoms with E-state index in [9.17, 15) is 4.79 Å². The van der Waals surface area contributed by atoms with Crippen LogP contribution in [0, 0.1) is 12.8 Å². The number of ether oxygens (including phenoxy) is 1. The van der Waals surface area contributed by atoms with Crippen LogP contribution >= 0.6 is 15.9 Å². The summed E-state index contributed by atoms with van der Waals surface area (Å²) in [5, 5.41) is 3.51. The molecule has 1 N–H and O–H groups in total. The van der Waals surface area contributed by atoms with Gasteiger partial charge in [-0.3, -0.25) is 0 Å². The van der Waals surface area contributed by atoms with Crippen LogP contribution in [0.2, 0.25) is 0 Å². The fourth-order valence-corrected chi connectivity index (χ4v) is 3.16. The molecule has 1 heterocycles. The molecular formula is C19H29BrN2O2. The van der Waals surface area contributed by atoms with Gasteiger partial charge in [0.2, 0.25) is 0 Å². The molecule has 1 amide bonds. The van der Waals surface area contributed by atoms with Gasteiger partial charge >= 0.3 is 6.09 Å². The van der Waals surface area contributed by atoms with Crippen molar-refractivity contribution in [1.29, 1.82) is 0 Å². The highest BCUT2D eigenvalue weighted by molar-refractivity contribution is 9.10. The molecule has 1 aliphatic heterocycles. The maximum Gasteiger partial charge on any atom is 0.410 e. The summed E-state index contributed by atoms with van der Waals surface area (Å²) in [5.41, 5.74) is 2.15. The van der Waals surface area contributed by atoms with Gasteiger partial charge in [-0.1, -0.05) is 28.1 Å². The third-order valence-electron chi connectivity index (χ3n) is 4.22. The molecule has 1 fully saturated rings. The highest BCUT2D eigenvalue weighted by atomic mass is 79.9. The van der Waals surface area contributed by atoms with Crippen molar-refractivity contribution in [1.82, 2.24) is 10.2 Å². The summed E-state index contributed by atoms with van der Waals surface area (Å²) in [7, 11) is 0. The number of aryl methyl sites for hydroxylation is 1. The number of hydrogen-bond acceptors (Lipinski definition) is 3. The van der Waals surface area contributed by atoms with Crippen molar-refractivity contribution >= 4 is 22.0 Å². The zero-order valence-electron chi connectivity index (χ0n) is 15.2. The van der Waals surface area contributed by atoms with Gasteiger partial charge in [0, 0.05) is 24.1 Å². The first-order valence-corrected chi connectivity index (χ1v) is 9.47. The van der Waals surface area contributed by atoms with Crippen molar-refractivity contribution in [2.75, 3.05) is 19.6 Å². The second-order valence-electron chi connectivity index (χ2n) is 7.63. The van der Waals surface area contributed by atoms with E-state index in [2.05, 4.69) is 46.4 Å². The summed E-state index contributed by atoms with van der Waals surface area (Å²) in [6, 6.07) is 6.45. The second-order valence-corrected chi connectivity index (χ2v) is 8.48. The smallest absolute Gasteiger partial charge is 0.410 e. The van der Waals surface area contributed by atoms with Crippen LogP contribution in [0.5, 0.6) is 0 Å². The molecular weight excluding hydrogens is 368 g/mol. The molecule has 1 unspecified atom stereocenters. The van der Waals surface area contributed by atoms with Crippen LogP contribution in [0.15, 0.2) is 22.7 Å². The van der Waals surface area contributed by atoms with Crippen LogP contribution in [-0.4, -0.2) is 36.2 Å². The van der Waals surface area contributed by atoms with Crippen LogP contribution in [0.3, 0.4) is 0 Å². The summed E-state index contributed by atoms with van der Waals surface area (Å²) < 4.78 is 6.59. The van der Waals surface area contributed by atoms with E-state index >= 15 is 0 Å². The Kier molecular flexibility index (Phi) is 6.70. The second kappa shape index (κ2) is 8.34. The molecule has 0 radical (unpaired) electrons. The lowest BCUT2D eigenvalue weighted by Crippen LogP contribution is -2.35. The first kappa shape index (κ1) is 19.3. The molecule has 0 aromatic heterocycles. The van der Waals surface area contributed by atoms with Gasteiger partial charge in [-0.25, -0.2) is 4.79 Å². The van der Waals surface area contributed by atoms with Gasteiger partial charge in [-0.05, 0) is 70.2 Å². The highest BCUT2D eigenvalue weighted by Crippen LogP contribution is 2.22. The summed E-state index contributed by atoms with van der Waals surface area (Å²) >= 11 is 3.53. The molecule has 1 aliphatic rings. The molecule has 0 spiro atoms. The van der Waals surface area contributed by atoms with Gasteiger partial charge in [-0.15, -0.1) is 0 Å². The minimum Gasteiger partial charge on any atom is -0.444 e. The molecule has 1 aromatic rings. The molecule has 24 heavy (non-hydrogen) atoms. The number of carbonyl (C=O) groups is 1. The highest BCUT2D eigenvalue weighted by Gasteiger charge is 2.29. The van der Waals surface area contributed by atoms with Crippen molar-refractivity contribution < 1.29 is 9.53 Å². The Labute approximate surface area is 154 Å². The zero-order chi connectivity index (χ0) is 17.7. The quantitative estimate of drug-likeness (QED) is 0.745. The number of benzene rings is 1. The average molecular weight is 397 g/mol. The Morgan fingerprint density at radius 2 is 2.17 bits per heavy atom. The van der Waals surface area contributed by atoms with Gasteiger partial charge in [0.1, 0.15) is 5.60 Å². The number of amides is 1. The Morgan fingerprint density at radius 1 is 1.42 bits per heavy atom. The van der Waals surface area contributed by atoms with Crippen molar-refractivity contribution in [3.8, 4) is 0 Å². The number of nitrogens with zero attached hydrogens (tertiary/aromatic N) is 1. The van der Waals surface area contributed by atoms with Gasteiger partial charge in [0.05, 0.1) is 0 Å². The number of likely N-dealkylation sites (tertiary alicyclic amines) is 1. The Morgan fingerprint density at radius 3 is 2.83 bits per heavy atom. The zero-order valence-corrected chi connectivity index (χ0v) is 16.8. The molecule has 1 atom stereocenters. The summed E-state index contributed by atoms with van der Waals surface area (Å²) in [6.07, 6.45) is 1.98. The van der Waals surface area contributed by atoms with Crippen molar-refractivity contribution in [2.45, 2.75) is 52.7 Å². The number of rotatable bonds is 5. The van der Waals surface area contributed by atoms with E-state index in [1.54, 1.807) is 0 Å². The van der Waals surface area contributed by atoms with Gasteiger partial charge in [-0.2, -0.15) is 0 Å². The molecule has 1 saturated heterocycles. The van der Waals surface area contributed by atoms with Crippen LogP contribution in [0.25, 0.3) is 0 Å². The molecule has 5 heteroatoms. The normalized spacial score (nSPS) is 18.0. The molecule has 2 rings (SSSR count). The largest absolute Gasteiger partial charge is 0.444 e. The van der Waals surface area contributed by atoms with Crippen LogP contribution in [-0.2, 0) is 11.3 Å². The van der Waals surface area contributed by atoms with E-state index in [4.69, 9.17) is 4.74 Å². The number of nitrogens with one attached hydrogen (secondary N) is 1. The molecule has 0 bridgehead atoms. The Hall–Kier alpha value is -1.07. The predicted molar refractivity (Wildman–Crippen MR) is 101 cm³/mol. The molecule has 4 nitrogen and oxygen atoms in total. The van der Waals surface area contributed by atoms with Crippen LogP contribution in [0.1, 0.15) is 44.7 Å². The SMILES string of the molecule is Cc1cc(CNCCC2CCN(C(=O)OC(C)(C)C)C2)ccc1Br. The monoisotopic (exact) mass is 396 g/mol. The summed E-state index contributed by atoms with van der Waals surface area (Å²) in [5.74, 6) is 0.566. The lowest BCUT2D eigenvalue weighted by molar-refractivity contribution is 0.0287. The molecule has 134 valence electrons. The van der Waals surface area contributed by atoms with Gasteiger partial charge < -0.3 is 15.0 Å². The van der Waals surface area contributed by atoms with Crippen molar-refractivity contribution in [2.24, 2.45) is 5.92 Å². The van der Waals surface area contributed by atoms with Crippen LogP contribution in [0.4, 0.5) is 4.79 Å². The van der Waals surface area contributed by atoms with E-state index in [1.165, 1.54) is 11.1 Å². The van der Waals surface area contributed by atoms with Gasteiger partial charge in [0.15, 0.2) is 0 Å². The first-order chi connectivity index (χ1) is 11.2. The number of carbonyl (C=O) groups excluding carboxylic acids is 1. The Bertz CT molecular complexity index is 569.